The maximum absolute atomic E-state index is 11.7. The van der Waals surface area contributed by atoms with Crippen LogP contribution in [0.15, 0.2) is 24.5 Å². The predicted molar refractivity (Wildman–Crippen MR) is 82.6 cm³/mol. The number of hydrogen-bond acceptors (Lipinski definition) is 6. The largest absolute Gasteiger partial charge is 0.465 e. The Morgan fingerprint density at radius 2 is 2.09 bits per heavy atom. The van der Waals surface area contributed by atoms with E-state index >= 15 is 0 Å². The molecule has 10 heteroatoms. The molecule has 9 nitrogen and oxygen atoms in total. The average molecular weight is 340 g/mol. The summed E-state index contributed by atoms with van der Waals surface area (Å²) in [4.78, 5) is 23.3. The van der Waals surface area contributed by atoms with E-state index in [9.17, 15) is 18.0 Å². The van der Waals surface area contributed by atoms with Gasteiger partial charge < -0.3 is 10.1 Å². The first-order valence-corrected chi connectivity index (χ1v) is 8.49. The van der Waals surface area contributed by atoms with E-state index in [4.69, 9.17) is 0 Å². The van der Waals surface area contributed by atoms with Gasteiger partial charge in [-0.3, -0.25) is 4.79 Å². The molecular weight excluding hydrogens is 324 g/mol. The molecule has 0 atom stereocenters. The van der Waals surface area contributed by atoms with Crippen molar-refractivity contribution >= 4 is 33.1 Å². The van der Waals surface area contributed by atoms with Crippen LogP contribution in [0.3, 0.4) is 0 Å². The smallest absolute Gasteiger partial charge is 0.341 e. The molecule has 2 aromatic heterocycles. The summed E-state index contributed by atoms with van der Waals surface area (Å²) in [7, 11) is -2.03. The van der Waals surface area contributed by atoms with Crippen LogP contribution < -0.4 is 10.0 Å². The van der Waals surface area contributed by atoms with Gasteiger partial charge in [-0.05, 0) is 12.1 Å². The monoisotopic (exact) mass is 340 g/mol. The molecule has 0 aliphatic carbocycles. The molecule has 2 rings (SSSR count). The zero-order valence-electron chi connectivity index (χ0n) is 12.6. The van der Waals surface area contributed by atoms with Crippen LogP contribution in [0.1, 0.15) is 16.8 Å². The number of amides is 1. The third-order valence-corrected chi connectivity index (χ3v) is 3.65. The topological polar surface area (TPSA) is 119 Å². The Morgan fingerprint density at radius 1 is 1.35 bits per heavy atom. The molecule has 2 N–H and O–H groups in total. The van der Waals surface area contributed by atoms with E-state index in [0.717, 1.165) is 6.26 Å². The van der Waals surface area contributed by atoms with Gasteiger partial charge in [-0.1, -0.05) is 0 Å². The number of nitrogens with zero attached hydrogens (tertiary/aromatic N) is 2. The number of carbonyl (C=O) groups excluding carboxylic acids is 2. The molecule has 0 bridgehead atoms. The van der Waals surface area contributed by atoms with Gasteiger partial charge in [-0.2, -0.15) is 5.10 Å². The molecule has 0 radical (unpaired) electrons. The minimum absolute atomic E-state index is 0.00236. The second kappa shape index (κ2) is 6.75. The van der Waals surface area contributed by atoms with Gasteiger partial charge in [0.05, 0.1) is 37.0 Å². The van der Waals surface area contributed by atoms with Gasteiger partial charge in [-0.25, -0.2) is 22.4 Å². The van der Waals surface area contributed by atoms with Crippen molar-refractivity contribution in [3.05, 3.63) is 30.1 Å². The Hall–Kier alpha value is -2.46. The fraction of sp³-hybridized carbons (Fsp3) is 0.308. The lowest BCUT2D eigenvalue weighted by Gasteiger charge is -2.06. The lowest BCUT2D eigenvalue weighted by molar-refractivity contribution is -0.116. The standard InChI is InChI=1S/C13H16N4O5S/c1-22-13(19)10-7-14-17-8-9(3-4-11(10)17)16-12(18)5-6-15-23(2,20)21/h3-4,7-8,15H,5-6H2,1-2H3,(H,16,18). The van der Waals surface area contributed by atoms with E-state index in [0.29, 0.717) is 16.8 Å². The van der Waals surface area contributed by atoms with Crippen LogP contribution >= 0.6 is 0 Å². The molecule has 23 heavy (non-hydrogen) atoms. The first-order chi connectivity index (χ1) is 10.8. The van der Waals surface area contributed by atoms with Crippen molar-refractivity contribution in [2.45, 2.75) is 6.42 Å². The number of ether oxygens (including phenoxy) is 1. The predicted octanol–water partition coefficient (Wildman–Crippen LogP) is -0.00130. The van der Waals surface area contributed by atoms with Crippen molar-refractivity contribution in [3.8, 4) is 0 Å². The van der Waals surface area contributed by atoms with Gasteiger partial charge in [-0.15, -0.1) is 0 Å². The molecule has 0 saturated carbocycles. The Balaban J connectivity index is 2.04. The summed E-state index contributed by atoms with van der Waals surface area (Å²) in [5.74, 6) is -0.843. The highest BCUT2D eigenvalue weighted by atomic mass is 32.2. The van der Waals surface area contributed by atoms with Crippen LogP contribution in [0.25, 0.3) is 5.52 Å². The highest BCUT2D eigenvalue weighted by Gasteiger charge is 2.13. The molecule has 0 saturated heterocycles. The number of carbonyl (C=O) groups is 2. The van der Waals surface area contributed by atoms with E-state index < -0.39 is 16.0 Å². The van der Waals surface area contributed by atoms with E-state index in [2.05, 4.69) is 19.9 Å². The van der Waals surface area contributed by atoms with E-state index in [-0.39, 0.29) is 18.9 Å². The molecule has 2 aromatic rings. The third kappa shape index (κ3) is 4.50. The number of fused-ring (bicyclic) bond motifs is 1. The van der Waals surface area contributed by atoms with Crippen LogP contribution in [-0.4, -0.2) is 49.8 Å². The second-order valence-corrected chi connectivity index (χ2v) is 6.60. The average Bonchev–Trinajstić information content (AvgIpc) is 2.88. The third-order valence-electron chi connectivity index (χ3n) is 2.92. The Morgan fingerprint density at radius 3 is 2.74 bits per heavy atom. The highest BCUT2D eigenvalue weighted by molar-refractivity contribution is 7.88. The number of aromatic nitrogens is 2. The molecule has 2 heterocycles. The first-order valence-electron chi connectivity index (χ1n) is 6.60. The number of pyridine rings is 1. The number of esters is 1. The molecule has 0 aromatic carbocycles. The summed E-state index contributed by atoms with van der Waals surface area (Å²) in [6, 6.07) is 3.25. The lowest BCUT2D eigenvalue weighted by Crippen LogP contribution is -2.26. The Kier molecular flexibility index (Phi) is 4.96. The number of sulfonamides is 1. The van der Waals surface area contributed by atoms with E-state index in [1.807, 2.05) is 0 Å². The van der Waals surface area contributed by atoms with Crippen LogP contribution in [-0.2, 0) is 19.6 Å². The zero-order valence-corrected chi connectivity index (χ0v) is 13.4. The Labute approximate surface area is 132 Å². The molecule has 0 spiro atoms. The summed E-state index contributed by atoms with van der Waals surface area (Å²) in [5.41, 5.74) is 1.35. The van der Waals surface area contributed by atoms with Crippen LogP contribution in [0.4, 0.5) is 5.69 Å². The summed E-state index contributed by atoms with van der Waals surface area (Å²) >= 11 is 0. The van der Waals surface area contributed by atoms with Gasteiger partial charge >= 0.3 is 5.97 Å². The van der Waals surface area contributed by atoms with Crippen molar-refractivity contribution in [2.75, 3.05) is 25.2 Å². The lowest BCUT2D eigenvalue weighted by atomic mass is 10.2. The summed E-state index contributed by atoms with van der Waals surface area (Å²) in [5, 5.41) is 6.64. The zero-order chi connectivity index (χ0) is 17.0. The quantitative estimate of drug-likeness (QED) is 0.714. The van der Waals surface area contributed by atoms with Gasteiger partial charge in [0, 0.05) is 13.0 Å². The highest BCUT2D eigenvalue weighted by Crippen LogP contribution is 2.15. The van der Waals surface area contributed by atoms with Crippen molar-refractivity contribution in [3.63, 3.8) is 0 Å². The number of hydrogen-bond donors (Lipinski definition) is 2. The van der Waals surface area contributed by atoms with Gasteiger partial charge in [0.1, 0.15) is 5.56 Å². The molecule has 0 aliphatic rings. The molecule has 0 unspecified atom stereocenters. The molecule has 0 aliphatic heterocycles. The van der Waals surface area contributed by atoms with E-state index in [1.165, 1.54) is 17.8 Å². The molecular formula is C13H16N4O5S. The summed E-state index contributed by atoms with van der Waals surface area (Å²) in [6.45, 7) is 0.0150. The normalized spacial score (nSPS) is 11.4. The van der Waals surface area contributed by atoms with Crippen molar-refractivity contribution in [1.29, 1.82) is 0 Å². The molecule has 1 amide bonds. The van der Waals surface area contributed by atoms with Crippen molar-refractivity contribution in [1.82, 2.24) is 14.3 Å². The minimum atomic E-state index is -3.32. The Bertz CT molecular complexity index is 843. The number of anilines is 1. The maximum atomic E-state index is 11.7. The number of methoxy groups -OCH3 is 1. The van der Waals surface area contributed by atoms with Crippen LogP contribution in [0, 0.1) is 0 Å². The fourth-order valence-electron chi connectivity index (χ4n) is 1.90. The van der Waals surface area contributed by atoms with Gasteiger partial charge in [0.25, 0.3) is 0 Å². The second-order valence-electron chi connectivity index (χ2n) is 4.76. The minimum Gasteiger partial charge on any atom is -0.465 e. The van der Waals surface area contributed by atoms with Crippen molar-refractivity contribution in [2.24, 2.45) is 0 Å². The summed E-state index contributed by atoms with van der Waals surface area (Å²) in [6.07, 6.45) is 3.94. The number of nitrogens with one attached hydrogen (secondary N) is 2. The van der Waals surface area contributed by atoms with Crippen LogP contribution in [0.5, 0.6) is 0 Å². The molecule has 124 valence electrons. The van der Waals surface area contributed by atoms with E-state index in [1.54, 1.807) is 18.3 Å². The van der Waals surface area contributed by atoms with Gasteiger partial charge in [0.15, 0.2) is 0 Å². The van der Waals surface area contributed by atoms with Crippen LogP contribution in [0.2, 0.25) is 0 Å². The first kappa shape index (κ1) is 16.9. The maximum Gasteiger partial charge on any atom is 0.341 e. The fourth-order valence-corrected chi connectivity index (χ4v) is 2.37. The number of rotatable bonds is 6. The SMILES string of the molecule is COC(=O)c1cnn2cc(NC(=O)CCNS(C)(=O)=O)ccc12. The summed E-state index contributed by atoms with van der Waals surface area (Å²) < 4.78 is 30.1. The van der Waals surface area contributed by atoms with Gasteiger partial charge in [0.2, 0.25) is 15.9 Å². The molecule has 0 fully saturated rings. The van der Waals surface area contributed by atoms with Crippen molar-refractivity contribution < 1.29 is 22.7 Å².